The van der Waals surface area contributed by atoms with Gasteiger partial charge in [0, 0.05) is 31.5 Å². The Morgan fingerprint density at radius 3 is 2.09 bits per heavy atom. The van der Waals surface area contributed by atoms with Crippen LogP contribution in [0.2, 0.25) is 16.6 Å². The van der Waals surface area contributed by atoms with Crippen LogP contribution >= 0.6 is 0 Å². The minimum absolute atomic E-state index is 0.134. The summed E-state index contributed by atoms with van der Waals surface area (Å²) in [5.41, 5.74) is 2.22. The first-order valence-electron chi connectivity index (χ1n) is 12.5. The Kier molecular flexibility index (Phi) is 10.4. The predicted octanol–water partition coefficient (Wildman–Crippen LogP) is 6.01. The van der Waals surface area contributed by atoms with Crippen LogP contribution in [-0.2, 0) is 4.74 Å². The third kappa shape index (κ3) is 7.12. The predicted molar refractivity (Wildman–Crippen MR) is 144 cm³/mol. The van der Waals surface area contributed by atoms with Crippen LogP contribution < -0.4 is 14.1 Å². The third-order valence-corrected chi connectivity index (χ3v) is 12.4. The minimum Gasteiger partial charge on any atom is -0.543 e. The maximum atomic E-state index is 13.4. The molecule has 0 saturated heterocycles. The van der Waals surface area contributed by atoms with Crippen molar-refractivity contribution in [3.63, 3.8) is 0 Å². The molecule has 1 amide bonds. The van der Waals surface area contributed by atoms with Gasteiger partial charge in [0.05, 0.1) is 24.9 Å². The van der Waals surface area contributed by atoms with Crippen molar-refractivity contribution in [2.75, 3.05) is 25.2 Å². The van der Waals surface area contributed by atoms with Crippen molar-refractivity contribution >= 4 is 19.9 Å². The number of ether oxygens (including phenoxy) is 2. The van der Waals surface area contributed by atoms with E-state index in [-0.39, 0.29) is 18.6 Å². The number of H-pyrrole nitrogens is 1. The summed E-state index contributed by atoms with van der Waals surface area (Å²) in [6, 6.07) is 9.13. The van der Waals surface area contributed by atoms with Gasteiger partial charge >= 0.3 is 0 Å². The molecule has 0 aliphatic heterocycles. The highest BCUT2D eigenvalue weighted by atomic mass is 28.4. The van der Waals surface area contributed by atoms with Gasteiger partial charge in [0.2, 0.25) is 0 Å². The number of rotatable bonds is 13. The van der Waals surface area contributed by atoms with Crippen molar-refractivity contribution in [3.8, 4) is 11.5 Å². The lowest BCUT2D eigenvalue weighted by molar-refractivity contribution is 0.0919. The van der Waals surface area contributed by atoms with Crippen molar-refractivity contribution in [2.24, 2.45) is 0 Å². The van der Waals surface area contributed by atoms with Gasteiger partial charge in [-0.1, -0.05) is 41.5 Å². The fourth-order valence-electron chi connectivity index (χ4n) is 5.08. The summed E-state index contributed by atoms with van der Waals surface area (Å²) >= 11 is 0. The van der Waals surface area contributed by atoms with Gasteiger partial charge in [-0.25, -0.2) is 0 Å². The molecule has 0 aliphatic rings. The van der Waals surface area contributed by atoms with E-state index in [1.165, 1.54) is 0 Å². The number of carbonyl (C=O) groups is 1. The Balaban J connectivity index is 2.63. The van der Waals surface area contributed by atoms with Crippen LogP contribution in [0.3, 0.4) is 0 Å². The van der Waals surface area contributed by atoms with Crippen molar-refractivity contribution in [1.82, 2.24) is 4.98 Å². The fourth-order valence-corrected chi connectivity index (χ4v) is 10.3. The molecule has 0 radical (unpaired) electrons. The molecule has 0 spiro atoms. The highest BCUT2D eigenvalue weighted by molar-refractivity contribution is 6.78. The lowest BCUT2D eigenvalue weighted by atomic mass is 10.2. The van der Waals surface area contributed by atoms with Crippen LogP contribution in [0.25, 0.3) is 0 Å². The van der Waals surface area contributed by atoms with Crippen LogP contribution in [0, 0.1) is 0 Å². The quantitative estimate of drug-likeness (QED) is 0.326. The van der Waals surface area contributed by atoms with Gasteiger partial charge < -0.3 is 28.9 Å². The first kappa shape index (κ1) is 28.9. The zero-order chi connectivity index (χ0) is 26.3. The van der Waals surface area contributed by atoms with E-state index in [1.54, 1.807) is 37.3 Å². The van der Waals surface area contributed by atoms with Gasteiger partial charge in [0.25, 0.3) is 14.2 Å². The Morgan fingerprint density at radius 1 is 1.00 bits per heavy atom. The molecular formula is C27H44N2O5Si. The molecule has 2 N–H and O–H groups in total. The number of amides is 1. The van der Waals surface area contributed by atoms with Crippen LogP contribution in [0.1, 0.15) is 65.9 Å². The van der Waals surface area contributed by atoms with Gasteiger partial charge in [0.15, 0.2) is 0 Å². The number of aromatic amines is 1. The van der Waals surface area contributed by atoms with Crippen LogP contribution in [0.4, 0.5) is 5.69 Å². The molecule has 2 aromatic rings. The Morgan fingerprint density at radius 2 is 1.60 bits per heavy atom. The lowest BCUT2D eigenvalue weighted by Gasteiger charge is -2.42. The molecular weight excluding hydrogens is 460 g/mol. The molecule has 7 nitrogen and oxygen atoms in total. The summed E-state index contributed by atoms with van der Waals surface area (Å²) in [6.07, 6.45) is 0.808. The highest BCUT2D eigenvalue weighted by Gasteiger charge is 2.47. The second-order valence-corrected chi connectivity index (χ2v) is 15.7. The molecule has 0 aliphatic carbocycles. The van der Waals surface area contributed by atoms with E-state index in [0.29, 0.717) is 46.1 Å². The maximum absolute atomic E-state index is 13.4. The standard InChI is InChI=1S/C27H44N2O5Si/c1-18(2)35(19(3)4,20(5)6)34-25-14-23(13-24(15-25)33-22(8)17-32-9)29(16-21(7)30)27(31)26-11-10-12-28-26/h10-15,18-22,28,30H,16-17H2,1-9H3/t21-,22+/m1/s1. The van der Waals surface area contributed by atoms with Gasteiger partial charge in [-0.3, -0.25) is 4.79 Å². The van der Waals surface area contributed by atoms with Gasteiger partial charge in [-0.15, -0.1) is 0 Å². The van der Waals surface area contributed by atoms with E-state index >= 15 is 0 Å². The molecule has 35 heavy (non-hydrogen) atoms. The number of benzene rings is 1. The van der Waals surface area contributed by atoms with Crippen LogP contribution in [0.5, 0.6) is 11.5 Å². The number of methoxy groups -OCH3 is 1. The minimum atomic E-state index is -2.26. The number of nitrogens with zero attached hydrogens (tertiary/aromatic N) is 1. The number of anilines is 1. The molecule has 0 saturated carbocycles. The number of aliphatic hydroxyl groups excluding tert-OH is 1. The third-order valence-electron chi connectivity index (χ3n) is 6.44. The summed E-state index contributed by atoms with van der Waals surface area (Å²) < 4.78 is 18.4. The van der Waals surface area contributed by atoms with Crippen molar-refractivity contribution in [2.45, 2.75) is 84.2 Å². The van der Waals surface area contributed by atoms with E-state index in [0.717, 1.165) is 0 Å². The molecule has 0 bridgehead atoms. The van der Waals surface area contributed by atoms with Crippen LogP contribution in [-0.4, -0.2) is 56.8 Å². The second kappa shape index (κ2) is 12.6. The van der Waals surface area contributed by atoms with E-state index in [1.807, 2.05) is 25.1 Å². The number of aromatic nitrogens is 1. The monoisotopic (exact) mass is 504 g/mol. The summed E-state index contributed by atoms with van der Waals surface area (Å²) in [6.45, 7) is 17.6. The smallest absolute Gasteiger partial charge is 0.274 e. The molecule has 1 heterocycles. The van der Waals surface area contributed by atoms with E-state index in [2.05, 4.69) is 46.5 Å². The molecule has 1 aromatic carbocycles. The van der Waals surface area contributed by atoms with Gasteiger partial charge in [0.1, 0.15) is 23.3 Å². The Bertz CT molecular complexity index is 906. The van der Waals surface area contributed by atoms with E-state index in [9.17, 15) is 9.90 Å². The molecule has 0 unspecified atom stereocenters. The SMILES string of the molecule is COC[C@H](C)Oc1cc(O[Si](C(C)C)(C(C)C)C(C)C)cc(N(C[C@@H](C)O)C(=O)c2ccc[nH]2)c1. The van der Waals surface area contributed by atoms with Crippen molar-refractivity contribution < 1.29 is 23.8 Å². The van der Waals surface area contributed by atoms with Gasteiger partial charge in [-0.2, -0.15) is 0 Å². The molecule has 1 aromatic heterocycles. The molecule has 2 rings (SSSR count). The fraction of sp³-hybridized carbons (Fsp3) is 0.593. The zero-order valence-electron chi connectivity index (χ0n) is 22.8. The first-order valence-corrected chi connectivity index (χ1v) is 14.7. The number of carbonyl (C=O) groups excluding carboxylic acids is 1. The van der Waals surface area contributed by atoms with Crippen molar-refractivity contribution in [1.29, 1.82) is 0 Å². The molecule has 0 fully saturated rings. The summed E-state index contributed by atoms with van der Waals surface area (Å²) in [7, 11) is -0.619. The van der Waals surface area contributed by atoms with Crippen molar-refractivity contribution in [3.05, 3.63) is 42.2 Å². The van der Waals surface area contributed by atoms with Crippen LogP contribution in [0.15, 0.2) is 36.5 Å². The zero-order valence-corrected chi connectivity index (χ0v) is 23.8. The molecule has 8 heteroatoms. The maximum Gasteiger partial charge on any atom is 0.274 e. The number of aliphatic hydroxyl groups is 1. The normalized spacial score (nSPS) is 13.9. The first-order chi connectivity index (χ1) is 16.4. The topological polar surface area (TPSA) is 84.0 Å². The Labute approximate surface area is 211 Å². The van der Waals surface area contributed by atoms with E-state index < -0.39 is 14.4 Å². The molecule has 2 atom stereocenters. The number of hydrogen-bond donors (Lipinski definition) is 2. The lowest BCUT2D eigenvalue weighted by Crippen LogP contribution is -2.50. The van der Waals surface area contributed by atoms with Gasteiger partial charge in [-0.05, 0) is 42.6 Å². The largest absolute Gasteiger partial charge is 0.543 e. The summed E-state index contributed by atoms with van der Waals surface area (Å²) in [4.78, 5) is 17.9. The summed E-state index contributed by atoms with van der Waals surface area (Å²) in [5.74, 6) is 1.04. The average molecular weight is 505 g/mol. The summed E-state index contributed by atoms with van der Waals surface area (Å²) in [5, 5.41) is 10.2. The average Bonchev–Trinajstić information content (AvgIpc) is 3.29. The Hall–Kier alpha value is -2.29. The second-order valence-electron chi connectivity index (χ2n) is 10.3. The molecule has 196 valence electrons. The highest BCUT2D eigenvalue weighted by Crippen LogP contribution is 2.44. The number of hydrogen-bond acceptors (Lipinski definition) is 5. The number of nitrogens with one attached hydrogen (secondary N) is 1. The van der Waals surface area contributed by atoms with E-state index in [4.69, 9.17) is 13.9 Å².